The van der Waals surface area contributed by atoms with Crippen molar-refractivity contribution >= 4 is 0 Å². The molecule has 0 N–H and O–H groups in total. The van der Waals surface area contributed by atoms with E-state index >= 15 is 0 Å². The largest absolute Gasteiger partial charge is 0.0885 e. The molecule has 99 valence electrons. The summed E-state index contributed by atoms with van der Waals surface area (Å²) in [4.78, 5) is 0. The second kappa shape index (κ2) is 15.5. The van der Waals surface area contributed by atoms with Gasteiger partial charge in [0, 0.05) is 0 Å². The quantitative estimate of drug-likeness (QED) is 0.277. The molecular weight excluding hydrogens is 204 g/mol. The highest BCUT2D eigenvalue weighted by Gasteiger charge is 1.86. The average Bonchev–Trinajstić information content (AvgIpc) is 2.35. The normalized spacial score (nSPS) is 11.9. The van der Waals surface area contributed by atoms with E-state index in [1.54, 1.807) is 0 Å². The minimum Gasteiger partial charge on any atom is -0.0885 e. The lowest BCUT2D eigenvalue weighted by Gasteiger charge is -1.96. The van der Waals surface area contributed by atoms with Gasteiger partial charge >= 0.3 is 0 Å². The fourth-order valence-electron chi connectivity index (χ4n) is 1.79. The highest BCUT2D eigenvalue weighted by Crippen LogP contribution is 2.06. The number of hydrogen-bond acceptors (Lipinski definition) is 0. The molecule has 0 atom stereocenters. The third-order valence-corrected chi connectivity index (χ3v) is 2.93. The summed E-state index contributed by atoms with van der Waals surface area (Å²) in [6, 6.07) is 0. The van der Waals surface area contributed by atoms with Crippen LogP contribution in [-0.4, -0.2) is 0 Å². The fourth-order valence-corrected chi connectivity index (χ4v) is 1.79. The summed E-state index contributed by atoms with van der Waals surface area (Å²) in [5.41, 5.74) is 0. The highest BCUT2D eigenvalue weighted by molar-refractivity contribution is 4.88. The van der Waals surface area contributed by atoms with Gasteiger partial charge in [0.25, 0.3) is 0 Å². The molecule has 0 aliphatic heterocycles. The maximum atomic E-state index is 3.83. The Balaban J connectivity index is 3.11. The topological polar surface area (TPSA) is 0 Å². The van der Waals surface area contributed by atoms with Crippen LogP contribution in [0, 0.1) is 6.92 Å². The van der Waals surface area contributed by atoms with E-state index in [1.165, 1.54) is 64.2 Å². The molecule has 0 aromatic rings. The summed E-state index contributed by atoms with van der Waals surface area (Å²) in [7, 11) is 0. The van der Waals surface area contributed by atoms with Crippen molar-refractivity contribution < 1.29 is 0 Å². The molecule has 0 aromatic carbocycles. The Morgan fingerprint density at radius 3 is 1.76 bits per heavy atom. The van der Waals surface area contributed by atoms with Crippen molar-refractivity contribution in [1.82, 2.24) is 0 Å². The molecule has 17 heavy (non-hydrogen) atoms. The first-order chi connectivity index (χ1) is 8.41. The molecule has 0 spiro atoms. The predicted molar refractivity (Wildman–Crippen MR) is 80.1 cm³/mol. The van der Waals surface area contributed by atoms with E-state index in [-0.39, 0.29) is 0 Å². The van der Waals surface area contributed by atoms with Gasteiger partial charge in [0.1, 0.15) is 0 Å². The SMILES string of the molecule is [CH2]CCCC=CCCC=CCCCCCCC. The number of unbranched alkanes of at least 4 members (excludes halogenated alkanes) is 8. The van der Waals surface area contributed by atoms with Crippen LogP contribution >= 0.6 is 0 Å². The third-order valence-electron chi connectivity index (χ3n) is 2.93. The summed E-state index contributed by atoms with van der Waals surface area (Å²) in [5.74, 6) is 0. The van der Waals surface area contributed by atoms with Crippen LogP contribution in [0.3, 0.4) is 0 Å². The first kappa shape index (κ1) is 16.5. The summed E-state index contributed by atoms with van der Waals surface area (Å²) in [6.45, 7) is 6.10. The highest BCUT2D eigenvalue weighted by atomic mass is 13.9. The van der Waals surface area contributed by atoms with Crippen molar-refractivity contribution in [2.45, 2.75) is 77.6 Å². The Morgan fingerprint density at radius 2 is 1.18 bits per heavy atom. The van der Waals surface area contributed by atoms with E-state index in [0.29, 0.717) is 0 Å². The first-order valence-electron chi connectivity index (χ1n) is 7.51. The molecule has 0 aliphatic carbocycles. The zero-order chi connectivity index (χ0) is 12.6. The van der Waals surface area contributed by atoms with Gasteiger partial charge in [-0.15, -0.1) is 0 Å². The van der Waals surface area contributed by atoms with E-state index < -0.39 is 0 Å². The summed E-state index contributed by atoms with van der Waals surface area (Å²) >= 11 is 0. The average molecular weight is 235 g/mol. The van der Waals surface area contributed by atoms with Crippen molar-refractivity contribution in [3.8, 4) is 0 Å². The molecule has 0 aromatic heterocycles. The van der Waals surface area contributed by atoms with Crippen LogP contribution in [0.2, 0.25) is 0 Å². The lowest BCUT2D eigenvalue weighted by Crippen LogP contribution is -1.76. The number of allylic oxidation sites excluding steroid dienone is 4. The summed E-state index contributed by atoms with van der Waals surface area (Å²) in [5, 5.41) is 0. The zero-order valence-electron chi connectivity index (χ0n) is 11.8. The Kier molecular flexibility index (Phi) is 15.0. The van der Waals surface area contributed by atoms with Crippen molar-refractivity contribution in [1.29, 1.82) is 0 Å². The second-order valence-corrected chi connectivity index (χ2v) is 4.72. The predicted octanol–water partition coefficient (Wildman–Crippen LogP) is 6.24. The second-order valence-electron chi connectivity index (χ2n) is 4.72. The Hall–Kier alpha value is -0.520. The van der Waals surface area contributed by atoms with Gasteiger partial charge in [0.15, 0.2) is 0 Å². The lowest BCUT2D eigenvalue weighted by molar-refractivity contribution is 0.637. The minimum atomic E-state index is 1.06. The maximum absolute atomic E-state index is 3.83. The van der Waals surface area contributed by atoms with E-state index in [2.05, 4.69) is 38.2 Å². The fraction of sp³-hybridized carbons (Fsp3) is 0.706. The molecule has 0 amide bonds. The van der Waals surface area contributed by atoms with E-state index in [0.717, 1.165) is 6.42 Å². The van der Waals surface area contributed by atoms with Crippen molar-refractivity contribution in [2.24, 2.45) is 0 Å². The Labute approximate surface area is 109 Å². The summed E-state index contributed by atoms with van der Waals surface area (Å²) < 4.78 is 0. The van der Waals surface area contributed by atoms with Gasteiger partial charge < -0.3 is 0 Å². The molecule has 0 heteroatoms. The standard InChI is InChI=1S/C17H31/c1-3-5-7-9-11-13-15-17-16-14-12-10-8-6-4-2/h9,11,16-17H,1,3-8,10,12-15H2,2H3. The van der Waals surface area contributed by atoms with Gasteiger partial charge in [-0.2, -0.15) is 0 Å². The molecule has 0 rings (SSSR count). The maximum Gasteiger partial charge on any atom is -0.0316 e. The Bertz CT molecular complexity index is 176. The van der Waals surface area contributed by atoms with Gasteiger partial charge in [0.05, 0.1) is 0 Å². The van der Waals surface area contributed by atoms with Crippen molar-refractivity contribution in [2.75, 3.05) is 0 Å². The monoisotopic (exact) mass is 235 g/mol. The third kappa shape index (κ3) is 15.5. The van der Waals surface area contributed by atoms with Gasteiger partial charge in [-0.25, -0.2) is 0 Å². The van der Waals surface area contributed by atoms with Gasteiger partial charge in [0.2, 0.25) is 0 Å². The van der Waals surface area contributed by atoms with E-state index in [4.69, 9.17) is 0 Å². The van der Waals surface area contributed by atoms with Crippen LogP contribution in [0.5, 0.6) is 0 Å². The number of rotatable bonds is 12. The molecule has 0 aliphatic rings. The molecule has 0 bridgehead atoms. The molecular formula is C17H31. The molecule has 1 radical (unpaired) electrons. The van der Waals surface area contributed by atoms with E-state index in [9.17, 15) is 0 Å². The molecule has 0 heterocycles. The lowest BCUT2D eigenvalue weighted by atomic mass is 10.1. The van der Waals surface area contributed by atoms with Crippen LogP contribution in [0.1, 0.15) is 77.6 Å². The van der Waals surface area contributed by atoms with Gasteiger partial charge in [-0.3, -0.25) is 0 Å². The van der Waals surface area contributed by atoms with Crippen LogP contribution in [0.25, 0.3) is 0 Å². The van der Waals surface area contributed by atoms with E-state index in [1.807, 2.05) is 0 Å². The molecule has 0 unspecified atom stereocenters. The van der Waals surface area contributed by atoms with Crippen molar-refractivity contribution in [3.63, 3.8) is 0 Å². The van der Waals surface area contributed by atoms with Crippen LogP contribution in [0.4, 0.5) is 0 Å². The number of hydrogen-bond donors (Lipinski definition) is 0. The zero-order valence-corrected chi connectivity index (χ0v) is 11.8. The molecule has 0 saturated heterocycles. The van der Waals surface area contributed by atoms with Crippen LogP contribution in [-0.2, 0) is 0 Å². The van der Waals surface area contributed by atoms with Gasteiger partial charge in [-0.1, -0.05) is 70.3 Å². The minimum absolute atomic E-state index is 1.06. The first-order valence-corrected chi connectivity index (χ1v) is 7.51. The van der Waals surface area contributed by atoms with Crippen molar-refractivity contribution in [3.05, 3.63) is 31.2 Å². The molecule has 0 fully saturated rings. The van der Waals surface area contributed by atoms with Gasteiger partial charge in [-0.05, 0) is 38.5 Å². The molecule has 0 nitrogen and oxygen atoms in total. The van der Waals surface area contributed by atoms with Crippen LogP contribution < -0.4 is 0 Å². The Morgan fingerprint density at radius 1 is 0.647 bits per heavy atom. The van der Waals surface area contributed by atoms with Crippen LogP contribution in [0.15, 0.2) is 24.3 Å². The smallest absolute Gasteiger partial charge is 0.0316 e. The molecule has 0 saturated carbocycles. The summed E-state index contributed by atoms with van der Waals surface area (Å²) in [6.07, 6.45) is 23.4.